The first-order valence-corrected chi connectivity index (χ1v) is 12.1. The summed E-state index contributed by atoms with van der Waals surface area (Å²) >= 11 is 1.32. The van der Waals surface area contributed by atoms with Gasteiger partial charge in [-0.25, -0.2) is 18.2 Å². The number of fused-ring (bicyclic) bond motifs is 2. The lowest BCUT2D eigenvalue weighted by Gasteiger charge is -2.21. The van der Waals surface area contributed by atoms with Crippen LogP contribution >= 0.6 is 11.3 Å². The first-order valence-electron chi connectivity index (χ1n) is 9.85. The van der Waals surface area contributed by atoms with Crippen molar-refractivity contribution < 1.29 is 17.6 Å². The number of anilines is 1. The number of nitrogens with one attached hydrogen (secondary N) is 2. The van der Waals surface area contributed by atoms with Crippen LogP contribution < -0.4 is 15.8 Å². The molecule has 9 nitrogen and oxygen atoms in total. The Morgan fingerprint density at radius 2 is 1.94 bits per heavy atom. The molecule has 0 aliphatic carbocycles. The molecule has 0 aliphatic heterocycles. The number of aryl methyl sites for hydroxylation is 2. The van der Waals surface area contributed by atoms with Crippen LogP contribution in [-0.2, 0) is 21.9 Å². The predicted molar refractivity (Wildman–Crippen MR) is 123 cm³/mol. The quantitative estimate of drug-likeness (QED) is 0.443. The van der Waals surface area contributed by atoms with Crippen molar-refractivity contribution in [1.29, 1.82) is 0 Å². The molecule has 0 unspecified atom stereocenters. The SMILES string of the molecule is Cc1ccc2nc(NC(=O)[C@H](NS(=O)(=O)c3ccc4c(c3)oc(=O)n4C)C(C)C)sc2c1. The Morgan fingerprint density at radius 3 is 2.66 bits per heavy atom. The summed E-state index contributed by atoms with van der Waals surface area (Å²) in [4.78, 5) is 28.9. The number of oxazole rings is 1. The Hall–Kier alpha value is -3.02. The zero-order valence-corrected chi connectivity index (χ0v) is 19.5. The Kier molecular flexibility index (Phi) is 5.65. The predicted octanol–water partition coefficient (Wildman–Crippen LogP) is 2.99. The van der Waals surface area contributed by atoms with E-state index in [4.69, 9.17) is 4.42 Å². The summed E-state index contributed by atoms with van der Waals surface area (Å²) < 4.78 is 35.7. The number of hydrogen-bond donors (Lipinski definition) is 2. The molecule has 2 heterocycles. The van der Waals surface area contributed by atoms with Gasteiger partial charge in [-0.2, -0.15) is 4.72 Å². The van der Waals surface area contributed by atoms with E-state index in [1.54, 1.807) is 13.8 Å². The van der Waals surface area contributed by atoms with Crippen molar-refractivity contribution in [3.8, 4) is 0 Å². The minimum Gasteiger partial charge on any atom is -0.408 e. The number of sulfonamides is 1. The van der Waals surface area contributed by atoms with Crippen LogP contribution in [0.25, 0.3) is 21.3 Å². The van der Waals surface area contributed by atoms with Gasteiger partial charge in [-0.15, -0.1) is 0 Å². The van der Waals surface area contributed by atoms with Crippen LogP contribution in [-0.4, -0.2) is 29.9 Å². The summed E-state index contributed by atoms with van der Waals surface area (Å²) in [6, 6.07) is 8.87. The third-order valence-corrected chi connectivity index (χ3v) is 7.45. The van der Waals surface area contributed by atoms with Crippen LogP contribution in [0.1, 0.15) is 19.4 Å². The van der Waals surface area contributed by atoms with E-state index in [1.165, 1.54) is 41.2 Å². The van der Waals surface area contributed by atoms with Gasteiger partial charge in [0.2, 0.25) is 15.9 Å². The topological polar surface area (TPSA) is 123 Å². The number of carbonyl (C=O) groups excluding carboxylic acids is 1. The summed E-state index contributed by atoms with van der Waals surface area (Å²) in [5.41, 5.74) is 2.46. The largest absolute Gasteiger partial charge is 0.419 e. The van der Waals surface area contributed by atoms with Crippen LogP contribution in [0.15, 0.2) is 50.5 Å². The molecule has 2 N–H and O–H groups in total. The summed E-state index contributed by atoms with van der Waals surface area (Å²) in [6.45, 7) is 5.46. The van der Waals surface area contributed by atoms with Gasteiger partial charge in [-0.1, -0.05) is 31.3 Å². The van der Waals surface area contributed by atoms with Gasteiger partial charge < -0.3 is 9.73 Å². The van der Waals surface area contributed by atoms with E-state index < -0.39 is 27.7 Å². The van der Waals surface area contributed by atoms with E-state index in [0.717, 1.165) is 15.8 Å². The van der Waals surface area contributed by atoms with Gasteiger partial charge in [-0.05, 0) is 42.7 Å². The van der Waals surface area contributed by atoms with E-state index in [2.05, 4.69) is 15.0 Å². The lowest BCUT2D eigenvalue weighted by Crippen LogP contribution is -2.47. The minimum atomic E-state index is -4.07. The lowest BCUT2D eigenvalue weighted by atomic mass is 10.1. The number of nitrogens with zero attached hydrogens (tertiary/aromatic N) is 2. The van der Waals surface area contributed by atoms with Crippen LogP contribution in [0.2, 0.25) is 0 Å². The number of rotatable bonds is 6. The van der Waals surface area contributed by atoms with Crippen LogP contribution in [0.4, 0.5) is 5.13 Å². The standard InChI is InChI=1S/C21H22N4O5S2/c1-11(2)18(19(26)23-20-22-14-7-5-12(3)9-17(14)31-20)24-32(28,29)13-6-8-15-16(10-13)30-21(27)25(15)4/h5-11,18,24H,1-4H3,(H,22,23,26)/t18-/m1/s1. The highest BCUT2D eigenvalue weighted by molar-refractivity contribution is 7.89. The van der Waals surface area contributed by atoms with E-state index in [0.29, 0.717) is 10.6 Å². The molecule has 0 spiro atoms. The molecule has 11 heteroatoms. The monoisotopic (exact) mass is 474 g/mol. The number of benzene rings is 2. The molecular weight excluding hydrogens is 452 g/mol. The first kappa shape index (κ1) is 22.2. The van der Waals surface area contributed by atoms with E-state index >= 15 is 0 Å². The maximum absolute atomic E-state index is 13.0. The Labute approximate surface area is 188 Å². The molecule has 1 amide bonds. The van der Waals surface area contributed by atoms with Crippen molar-refractivity contribution in [3.05, 3.63) is 52.5 Å². The highest BCUT2D eigenvalue weighted by Gasteiger charge is 2.29. The summed E-state index contributed by atoms with van der Waals surface area (Å²) in [5, 5.41) is 3.12. The molecule has 168 valence electrons. The Morgan fingerprint density at radius 1 is 1.19 bits per heavy atom. The molecule has 2 aromatic heterocycles. The van der Waals surface area contributed by atoms with Crippen molar-refractivity contribution in [2.24, 2.45) is 13.0 Å². The van der Waals surface area contributed by atoms with Crippen molar-refractivity contribution >= 4 is 53.7 Å². The maximum atomic E-state index is 13.0. The van der Waals surface area contributed by atoms with Crippen molar-refractivity contribution in [2.45, 2.75) is 31.7 Å². The molecule has 0 fully saturated rings. The van der Waals surface area contributed by atoms with E-state index in [9.17, 15) is 18.0 Å². The highest BCUT2D eigenvalue weighted by Crippen LogP contribution is 2.27. The molecule has 1 atom stereocenters. The second-order valence-corrected chi connectivity index (χ2v) is 10.6. The average Bonchev–Trinajstić information content (AvgIpc) is 3.24. The van der Waals surface area contributed by atoms with Gasteiger partial charge in [0.1, 0.15) is 6.04 Å². The summed E-state index contributed by atoms with van der Waals surface area (Å²) in [5.74, 6) is -1.43. The maximum Gasteiger partial charge on any atom is 0.419 e. The first-order chi connectivity index (χ1) is 15.0. The molecule has 0 saturated heterocycles. The molecule has 0 aliphatic rings. The van der Waals surface area contributed by atoms with Gasteiger partial charge in [0.15, 0.2) is 10.7 Å². The smallest absolute Gasteiger partial charge is 0.408 e. The molecule has 0 saturated carbocycles. The summed E-state index contributed by atoms with van der Waals surface area (Å²) in [6.07, 6.45) is 0. The third kappa shape index (κ3) is 4.18. The zero-order chi connectivity index (χ0) is 23.2. The highest BCUT2D eigenvalue weighted by atomic mass is 32.2. The molecule has 4 aromatic rings. The van der Waals surface area contributed by atoms with E-state index in [-0.39, 0.29) is 16.4 Å². The Balaban J connectivity index is 1.58. The number of amides is 1. The number of aromatic nitrogens is 2. The van der Waals surface area contributed by atoms with Gasteiger partial charge in [0.05, 0.1) is 20.6 Å². The van der Waals surface area contributed by atoms with Gasteiger partial charge in [-0.3, -0.25) is 9.36 Å². The van der Waals surface area contributed by atoms with Gasteiger partial charge in [0, 0.05) is 13.1 Å². The zero-order valence-electron chi connectivity index (χ0n) is 17.9. The molecule has 4 rings (SSSR count). The average molecular weight is 475 g/mol. The Bertz CT molecular complexity index is 1500. The summed E-state index contributed by atoms with van der Waals surface area (Å²) in [7, 11) is -2.54. The number of carbonyl (C=O) groups is 1. The van der Waals surface area contributed by atoms with Gasteiger partial charge >= 0.3 is 5.76 Å². The fourth-order valence-corrected chi connectivity index (χ4v) is 5.60. The van der Waals surface area contributed by atoms with Crippen molar-refractivity contribution in [1.82, 2.24) is 14.3 Å². The fourth-order valence-electron chi connectivity index (χ4n) is 3.28. The van der Waals surface area contributed by atoms with Gasteiger partial charge in [0.25, 0.3) is 0 Å². The van der Waals surface area contributed by atoms with Crippen LogP contribution in [0.5, 0.6) is 0 Å². The van der Waals surface area contributed by atoms with Crippen molar-refractivity contribution in [3.63, 3.8) is 0 Å². The molecule has 0 bridgehead atoms. The van der Waals surface area contributed by atoms with Crippen LogP contribution in [0, 0.1) is 12.8 Å². The normalized spacial score (nSPS) is 13.2. The lowest BCUT2D eigenvalue weighted by molar-refractivity contribution is -0.118. The number of thiazole rings is 1. The van der Waals surface area contributed by atoms with Crippen LogP contribution in [0.3, 0.4) is 0 Å². The second kappa shape index (κ2) is 8.15. The number of hydrogen-bond acceptors (Lipinski definition) is 7. The third-order valence-electron chi connectivity index (χ3n) is 5.08. The minimum absolute atomic E-state index is 0.103. The second-order valence-electron chi connectivity index (χ2n) is 7.88. The van der Waals surface area contributed by atoms with Crippen molar-refractivity contribution in [2.75, 3.05) is 5.32 Å². The molecule has 2 aromatic carbocycles. The molecular formula is C21H22N4O5S2. The molecule has 32 heavy (non-hydrogen) atoms. The fraction of sp³-hybridized carbons (Fsp3) is 0.286. The van der Waals surface area contributed by atoms with E-state index in [1.807, 2.05) is 25.1 Å². The molecule has 0 radical (unpaired) electrons.